The SMILES string of the molecule is CC(C)C(CNC(=O)CNC(=O)c1ccco1)N1CCc2ccccc2C1. The lowest BCUT2D eigenvalue weighted by atomic mass is 9.95. The van der Waals surface area contributed by atoms with Gasteiger partial charge >= 0.3 is 0 Å². The van der Waals surface area contributed by atoms with E-state index in [9.17, 15) is 9.59 Å². The second-order valence-corrected chi connectivity index (χ2v) is 7.26. The Morgan fingerprint density at radius 1 is 1.11 bits per heavy atom. The highest BCUT2D eigenvalue weighted by atomic mass is 16.3. The van der Waals surface area contributed by atoms with Gasteiger partial charge in [-0.25, -0.2) is 0 Å². The maximum atomic E-state index is 12.2. The number of nitrogens with one attached hydrogen (secondary N) is 2. The zero-order chi connectivity index (χ0) is 19.2. The summed E-state index contributed by atoms with van der Waals surface area (Å²) >= 11 is 0. The summed E-state index contributed by atoms with van der Waals surface area (Å²) in [5.41, 5.74) is 2.78. The van der Waals surface area contributed by atoms with Crippen molar-refractivity contribution in [3.63, 3.8) is 0 Å². The van der Waals surface area contributed by atoms with Gasteiger partial charge in [-0.2, -0.15) is 0 Å². The number of nitrogens with zero attached hydrogens (tertiary/aromatic N) is 1. The highest BCUT2D eigenvalue weighted by molar-refractivity contribution is 5.94. The van der Waals surface area contributed by atoms with Crippen LogP contribution in [0.3, 0.4) is 0 Å². The molecule has 1 aliphatic heterocycles. The standard InChI is InChI=1S/C21H27N3O3/c1-15(2)18(24-10-9-16-6-3-4-7-17(16)14-24)12-22-20(25)13-23-21(26)19-8-5-11-27-19/h3-8,11,15,18H,9-10,12-14H2,1-2H3,(H,22,25)(H,23,26). The van der Waals surface area contributed by atoms with Crippen LogP contribution in [0.4, 0.5) is 0 Å². The number of furan rings is 1. The van der Waals surface area contributed by atoms with E-state index >= 15 is 0 Å². The van der Waals surface area contributed by atoms with Gasteiger partial charge in [0.05, 0.1) is 12.8 Å². The fraction of sp³-hybridized carbons (Fsp3) is 0.429. The predicted octanol–water partition coefficient (Wildman–Crippen LogP) is 2.21. The Kier molecular flexibility index (Phi) is 6.29. The van der Waals surface area contributed by atoms with Crippen molar-refractivity contribution in [3.8, 4) is 0 Å². The van der Waals surface area contributed by atoms with Crippen molar-refractivity contribution in [2.45, 2.75) is 32.9 Å². The highest BCUT2D eigenvalue weighted by Gasteiger charge is 2.26. The van der Waals surface area contributed by atoms with Crippen LogP contribution in [0.5, 0.6) is 0 Å². The van der Waals surface area contributed by atoms with Crippen molar-refractivity contribution >= 4 is 11.8 Å². The maximum absolute atomic E-state index is 12.2. The smallest absolute Gasteiger partial charge is 0.287 e. The van der Waals surface area contributed by atoms with Crippen LogP contribution in [-0.2, 0) is 17.8 Å². The molecule has 0 spiro atoms. The molecular weight excluding hydrogens is 342 g/mol. The van der Waals surface area contributed by atoms with Crippen molar-refractivity contribution in [2.75, 3.05) is 19.6 Å². The minimum absolute atomic E-state index is 0.0623. The van der Waals surface area contributed by atoms with E-state index in [2.05, 4.69) is 53.6 Å². The molecule has 2 heterocycles. The van der Waals surface area contributed by atoms with E-state index in [1.807, 2.05) is 0 Å². The van der Waals surface area contributed by atoms with Crippen LogP contribution in [0, 0.1) is 5.92 Å². The topological polar surface area (TPSA) is 74.6 Å². The van der Waals surface area contributed by atoms with E-state index in [4.69, 9.17) is 4.42 Å². The molecule has 1 aromatic carbocycles. The summed E-state index contributed by atoms with van der Waals surface area (Å²) in [6.07, 6.45) is 2.46. The third-order valence-electron chi connectivity index (χ3n) is 5.06. The van der Waals surface area contributed by atoms with Gasteiger partial charge in [0.15, 0.2) is 5.76 Å². The van der Waals surface area contributed by atoms with Crippen molar-refractivity contribution in [1.29, 1.82) is 0 Å². The van der Waals surface area contributed by atoms with Gasteiger partial charge in [0.2, 0.25) is 5.91 Å². The number of amides is 2. The summed E-state index contributed by atoms with van der Waals surface area (Å²) in [7, 11) is 0. The molecule has 1 atom stereocenters. The third-order valence-corrected chi connectivity index (χ3v) is 5.06. The third kappa shape index (κ3) is 4.98. The molecule has 2 aromatic rings. The van der Waals surface area contributed by atoms with Crippen LogP contribution in [0.1, 0.15) is 35.5 Å². The quantitative estimate of drug-likeness (QED) is 0.785. The maximum Gasteiger partial charge on any atom is 0.287 e. The van der Waals surface area contributed by atoms with Crippen LogP contribution >= 0.6 is 0 Å². The number of rotatable bonds is 7. The molecule has 1 aromatic heterocycles. The summed E-state index contributed by atoms with van der Waals surface area (Å²) in [5, 5.41) is 5.53. The first-order chi connectivity index (χ1) is 13.0. The van der Waals surface area contributed by atoms with Crippen molar-refractivity contribution < 1.29 is 14.0 Å². The summed E-state index contributed by atoms with van der Waals surface area (Å²) in [4.78, 5) is 26.4. The lowest BCUT2D eigenvalue weighted by Gasteiger charge is -2.38. The van der Waals surface area contributed by atoms with E-state index in [1.54, 1.807) is 12.1 Å². The van der Waals surface area contributed by atoms with Gasteiger partial charge in [0.25, 0.3) is 5.91 Å². The molecule has 6 nitrogen and oxygen atoms in total. The van der Waals surface area contributed by atoms with Crippen molar-refractivity contribution in [1.82, 2.24) is 15.5 Å². The molecule has 1 unspecified atom stereocenters. The monoisotopic (exact) mass is 369 g/mol. The molecule has 0 saturated heterocycles. The molecule has 0 saturated carbocycles. The number of carbonyl (C=O) groups excluding carboxylic acids is 2. The Morgan fingerprint density at radius 3 is 2.59 bits per heavy atom. The average molecular weight is 369 g/mol. The minimum Gasteiger partial charge on any atom is -0.459 e. The fourth-order valence-electron chi connectivity index (χ4n) is 3.52. The van der Waals surface area contributed by atoms with Gasteiger partial charge in [-0.15, -0.1) is 0 Å². The van der Waals surface area contributed by atoms with Gasteiger partial charge in [-0.1, -0.05) is 38.1 Å². The van der Waals surface area contributed by atoms with Crippen molar-refractivity contribution in [3.05, 3.63) is 59.5 Å². The van der Waals surface area contributed by atoms with Crippen LogP contribution < -0.4 is 10.6 Å². The Morgan fingerprint density at radius 2 is 1.89 bits per heavy atom. The number of carbonyl (C=O) groups is 2. The number of hydrogen-bond donors (Lipinski definition) is 2. The fourth-order valence-corrected chi connectivity index (χ4v) is 3.52. The zero-order valence-electron chi connectivity index (χ0n) is 15.9. The van der Waals surface area contributed by atoms with E-state index in [1.165, 1.54) is 17.4 Å². The summed E-state index contributed by atoms with van der Waals surface area (Å²) < 4.78 is 5.01. The first kappa shape index (κ1) is 19.2. The molecule has 1 aliphatic rings. The van der Waals surface area contributed by atoms with Gasteiger partial charge in [0.1, 0.15) is 0 Å². The van der Waals surface area contributed by atoms with E-state index in [0.717, 1.165) is 19.5 Å². The minimum atomic E-state index is -0.386. The van der Waals surface area contributed by atoms with E-state index in [0.29, 0.717) is 12.5 Å². The average Bonchev–Trinajstić information content (AvgIpc) is 3.21. The van der Waals surface area contributed by atoms with Gasteiger partial charge in [-0.05, 0) is 35.6 Å². The van der Waals surface area contributed by atoms with Crippen molar-refractivity contribution in [2.24, 2.45) is 5.92 Å². The van der Waals surface area contributed by atoms with Crippen LogP contribution in [0.2, 0.25) is 0 Å². The van der Waals surface area contributed by atoms with Crippen LogP contribution in [-0.4, -0.2) is 42.4 Å². The number of hydrogen-bond acceptors (Lipinski definition) is 4. The molecule has 6 heteroatoms. The lowest BCUT2D eigenvalue weighted by molar-refractivity contribution is -0.120. The molecule has 0 radical (unpaired) electrons. The van der Waals surface area contributed by atoms with Crippen LogP contribution in [0.25, 0.3) is 0 Å². The molecular formula is C21H27N3O3. The normalized spacial score (nSPS) is 15.2. The Labute approximate surface area is 159 Å². The summed E-state index contributed by atoms with van der Waals surface area (Å²) in [6, 6.07) is 12.0. The predicted molar refractivity (Wildman–Crippen MR) is 103 cm³/mol. The largest absolute Gasteiger partial charge is 0.459 e. The zero-order valence-corrected chi connectivity index (χ0v) is 15.9. The van der Waals surface area contributed by atoms with Crippen LogP contribution in [0.15, 0.2) is 47.1 Å². The molecule has 2 N–H and O–H groups in total. The molecule has 2 amide bonds. The summed E-state index contributed by atoms with van der Waals surface area (Å²) in [6.45, 7) is 6.75. The van der Waals surface area contributed by atoms with E-state index < -0.39 is 0 Å². The highest BCUT2D eigenvalue weighted by Crippen LogP contribution is 2.22. The first-order valence-electron chi connectivity index (χ1n) is 9.44. The Hall–Kier alpha value is -2.60. The Balaban J connectivity index is 1.50. The number of fused-ring (bicyclic) bond motifs is 1. The summed E-state index contributed by atoms with van der Waals surface area (Å²) in [5.74, 6) is 0.0317. The molecule has 0 fully saturated rings. The second kappa shape index (κ2) is 8.86. The van der Waals surface area contributed by atoms with Gasteiger partial charge in [0, 0.05) is 25.7 Å². The second-order valence-electron chi connectivity index (χ2n) is 7.26. The molecule has 144 valence electrons. The van der Waals surface area contributed by atoms with E-state index in [-0.39, 0.29) is 30.2 Å². The first-order valence-corrected chi connectivity index (χ1v) is 9.44. The van der Waals surface area contributed by atoms with Gasteiger partial charge in [-0.3, -0.25) is 14.5 Å². The molecule has 0 bridgehead atoms. The van der Waals surface area contributed by atoms with Gasteiger partial charge < -0.3 is 15.1 Å². The molecule has 3 rings (SSSR count). The molecule has 0 aliphatic carbocycles. The lowest BCUT2D eigenvalue weighted by Crippen LogP contribution is -2.50. The number of benzene rings is 1. The molecule has 27 heavy (non-hydrogen) atoms. The Bertz CT molecular complexity index is 771.